The van der Waals surface area contributed by atoms with Crippen LogP contribution in [0.1, 0.15) is 24.8 Å². The van der Waals surface area contributed by atoms with E-state index in [1.165, 1.54) is 22.5 Å². The summed E-state index contributed by atoms with van der Waals surface area (Å²) in [4.78, 5) is 0.0961. The van der Waals surface area contributed by atoms with Crippen LogP contribution in [0.4, 0.5) is 0 Å². The van der Waals surface area contributed by atoms with E-state index < -0.39 is 10.0 Å². The van der Waals surface area contributed by atoms with E-state index >= 15 is 0 Å². The Morgan fingerprint density at radius 3 is 2.76 bits per heavy atom. The van der Waals surface area contributed by atoms with Gasteiger partial charge in [0.2, 0.25) is 10.0 Å². The molecule has 1 aromatic rings. The first-order valence-corrected chi connectivity index (χ1v) is 8.24. The molecule has 1 aliphatic heterocycles. The second-order valence-electron chi connectivity index (χ2n) is 4.75. The van der Waals surface area contributed by atoms with Gasteiger partial charge in [0.25, 0.3) is 0 Å². The Hall–Kier alpha value is -0.840. The summed E-state index contributed by atoms with van der Waals surface area (Å²) in [6.07, 6.45) is 2.58. The van der Waals surface area contributed by atoms with Gasteiger partial charge in [-0.25, -0.2) is 8.42 Å². The van der Waals surface area contributed by atoms with Gasteiger partial charge in [0, 0.05) is 19.1 Å². The molecule has 1 aliphatic rings. The summed E-state index contributed by atoms with van der Waals surface area (Å²) in [5, 5.41) is 9.20. The largest absolute Gasteiger partial charge is 0.329 e. The van der Waals surface area contributed by atoms with Gasteiger partial charge in [-0.05, 0) is 31.0 Å². The highest BCUT2D eigenvalue weighted by atomic mass is 35.5. The van der Waals surface area contributed by atoms with Crippen molar-refractivity contribution in [3.63, 3.8) is 0 Å². The minimum absolute atomic E-state index is 0. The summed E-state index contributed by atoms with van der Waals surface area (Å²) in [5.74, 6) is 0. The standard InChI is InChI=1S/C13H16ClN3O2S.ClH/c14-13-5-4-12(7-10(13)8-15)20(18,19)17-6-2-1-3-11(17)9-16;/h4-5,7,11H,1-3,6,9,16H2;1H. The van der Waals surface area contributed by atoms with Crippen LogP contribution in [0.2, 0.25) is 5.02 Å². The molecule has 2 N–H and O–H groups in total. The molecule has 2 rings (SSSR count). The smallest absolute Gasteiger partial charge is 0.243 e. The van der Waals surface area contributed by atoms with Crippen molar-refractivity contribution < 1.29 is 8.42 Å². The lowest BCUT2D eigenvalue weighted by Gasteiger charge is -2.33. The van der Waals surface area contributed by atoms with E-state index in [4.69, 9.17) is 22.6 Å². The Balaban J connectivity index is 0.00000220. The molecule has 116 valence electrons. The van der Waals surface area contributed by atoms with Crippen molar-refractivity contribution >= 4 is 34.0 Å². The summed E-state index contributed by atoms with van der Waals surface area (Å²) in [5.41, 5.74) is 5.83. The monoisotopic (exact) mass is 349 g/mol. The highest BCUT2D eigenvalue weighted by Gasteiger charge is 2.32. The molecule has 0 spiro atoms. The van der Waals surface area contributed by atoms with Crippen LogP contribution in [0.15, 0.2) is 23.1 Å². The van der Waals surface area contributed by atoms with Crippen molar-refractivity contribution in [2.75, 3.05) is 13.1 Å². The molecule has 1 saturated heterocycles. The molecule has 8 heteroatoms. The van der Waals surface area contributed by atoms with Crippen LogP contribution in [-0.2, 0) is 10.0 Å². The van der Waals surface area contributed by atoms with Crippen LogP contribution in [0.3, 0.4) is 0 Å². The molecule has 0 saturated carbocycles. The quantitative estimate of drug-likeness (QED) is 0.905. The van der Waals surface area contributed by atoms with Gasteiger partial charge in [-0.2, -0.15) is 9.57 Å². The highest BCUT2D eigenvalue weighted by molar-refractivity contribution is 7.89. The fraction of sp³-hybridized carbons (Fsp3) is 0.462. The summed E-state index contributed by atoms with van der Waals surface area (Å²) >= 11 is 5.84. The van der Waals surface area contributed by atoms with Gasteiger partial charge in [-0.1, -0.05) is 18.0 Å². The molecule has 0 radical (unpaired) electrons. The molecular weight excluding hydrogens is 333 g/mol. The first-order chi connectivity index (χ1) is 9.50. The molecular formula is C13H17Cl2N3O2S. The first kappa shape index (κ1) is 18.2. The van der Waals surface area contributed by atoms with Crippen LogP contribution in [0.5, 0.6) is 0 Å². The number of piperidine rings is 1. The molecule has 0 aliphatic carbocycles. The van der Waals surface area contributed by atoms with Gasteiger partial charge in [0.15, 0.2) is 0 Å². The topological polar surface area (TPSA) is 87.2 Å². The van der Waals surface area contributed by atoms with Gasteiger partial charge in [-0.3, -0.25) is 0 Å². The molecule has 0 aromatic heterocycles. The van der Waals surface area contributed by atoms with E-state index in [0.717, 1.165) is 19.3 Å². The molecule has 21 heavy (non-hydrogen) atoms. The zero-order valence-electron chi connectivity index (χ0n) is 11.3. The van der Waals surface area contributed by atoms with E-state index in [9.17, 15) is 8.42 Å². The summed E-state index contributed by atoms with van der Waals surface area (Å²) in [6, 6.07) is 5.91. The summed E-state index contributed by atoms with van der Waals surface area (Å²) in [6.45, 7) is 0.770. The average Bonchev–Trinajstić information content (AvgIpc) is 2.47. The number of nitrogens with zero attached hydrogens (tertiary/aromatic N) is 2. The molecule has 1 atom stereocenters. The number of nitriles is 1. The maximum atomic E-state index is 12.7. The van der Waals surface area contributed by atoms with Crippen LogP contribution >= 0.6 is 24.0 Å². The molecule has 1 unspecified atom stereocenters. The normalized spacial score (nSPS) is 19.6. The van der Waals surface area contributed by atoms with Crippen molar-refractivity contribution in [2.24, 2.45) is 5.73 Å². The SMILES string of the molecule is Cl.N#Cc1cc(S(=O)(=O)N2CCCCC2CN)ccc1Cl. The predicted octanol–water partition coefficient (Wildman–Crippen LogP) is 2.14. The van der Waals surface area contributed by atoms with Gasteiger partial charge in [0.1, 0.15) is 6.07 Å². The minimum atomic E-state index is -3.63. The Labute approximate surface area is 136 Å². The fourth-order valence-electron chi connectivity index (χ4n) is 2.41. The summed E-state index contributed by atoms with van der Waals surface area (Å²) < 4.78 is 26.8. The third kappa shape index (κ3) is 3.68. The number of nitrogens with two attached hydrogens (primary N) is 1. The molecule has 0 amide bonds. The van der Waals surface area contributed by atoms with Crippen molar-refractivity contribution in [1.82, 2.24) is 4.31 Å². The average molecular weight is 350 g/mol. The number of sulfonamides is 1. The molecule has 1 aromatic carbocycles. The van der Waals surface area contributed by atoms with Gasteiger partial charge >= 0.3 is 0 Å². The van der Waals surface area contributed by atoms with E-state index in [1.807, 2.05) is 6.07 Å². The Morgan fingerprint density at radius 1 is 1.43 bits per heavy atom. The number of rotatable bonds is 3. The fourth-order valence-corrected chi connectivity index (χ4v) is 4.30. The van der Waals surface area contributed by atoms with Crippen LogP contribution in [0, 0.1) is 11.3 Å². The minimum Gasteiger partial charge on any atom is -0.329 e. The van der Waals surface area contributed by atoms with Crippen LogP contribution in [0.25, 0.3) is 0 Å². The third-order valence-electron chi connectivity index (χ3n) is 3.51. The number of hydrogen-bond donors (Lipinski definition) is 1. The lowest BCUT2D eigenvalue weighted by molar-refractivity contribution is 0.257. The maximum Gasteiger partial charge on any atom is 0.243 e. The van der Waals surface area contributed by atoms with Gasteiger partial charge < -0.3 is 5.73 Å². The van der Waals surface area contributed by atoms with Crippen molar-refractivity contribution in [3.05, 3.63) is 28.8 Å². The second kappa shape index (κ2) is 7.43. The van der Waals surface area contributed by atoms with Crippen LogP contribution in [-0.4, -0.2) is 31.9 Å². The number of halogens is 2. The van der Waals surface area contributed by atoms with E-state index in [1.54, 1.807) is 0 Å². The van der Waals surface area contributed by atoms with Crippen LogP contribution < -0.4 is 5.73 Å². The first-order valence-electron chi connectivity index (χ1n) is 6.42. The summed E-state index contributed by atoms with van der Waals surface area (Å²) in [7, 11) is -3.63. The lowest BCUT2D eigenvalue weighted by atomic mass is 10.1. The van der Waals surface area contributed by atoms with Crippen molar-refractivity contribution in [3.8, 4) is 6.07 Å². The Bertz CT molecular complexity index is 643. The zero-order chi connectivity index (χ0) is 14.8. The van der Waals surface area contributed by atoms with Gasteiger partial charge in [0.05, 0.1) is 15.5 Å². The van der Waals surface area contributed by atoms with Gasteiger partial charge in [-0.15, -0.1) is 12.4 Å². The maximum absolute atomic E-state index is 12.7. The van der Waals surface area contributed by atoms with E-state index in [0.29, 0.717) is 13.1 Å². The molecule has 1 fully saturated rings. The van der Waals surface area contributed by atoms with E-state index in [-0.39, 0.29) is 33.9 Å². The zero-order valence-corrected chi connectivity index (χ0v) is 13.7. The Morgan fingerprint density at radius 2 is 2.14 bits per heavy atom. The Kier molecular flexibility index (Phi) is 6.44. The molecule has 0 bridgehead atoms. The van der Waals surface area contributed by atoms with Crippen molar-refractivity contribution in [2.45, 2.75) is 30.2 Å². The lowest BCUT2D eigenvalue weighted by Crippen LogP contribution is -2.47. The molecule has 1 heterocycles. The van der Waals surface area contributed by atoms with Crippen molar-refractivity contribution in [1.29, 1.82) is 5.26 Å². The number of benzene rings is 1. The second-order valence-corrected chi connectivity index (χ2v) is 7.05. The van der Waals surface area contributed by atoms with E-state index in [2.05, 4.69) is 0 Å². The highest BCUT2D eigenvalue weighted by Crippen LogP contribution is 2.27. The third-order valence-corrected chi connectivity index (χ3v) is 5.79. The molecule has 5 nitrogen and oxygen atoms in total. The number of hydrogen-bond acceptors (Lipinski definition) is 4. The predicted molar refractivity (Wildman–Crippen MR) is 84.0 cm³/mol.